The SMILES string of the molecule is COC(=O)OCOc1c2n(ccc1=O)N[C@@H]1COCC3(CC3)N1C2=O. The Balaban J connectivity index is 1.66. The third kappa shape index (κ3) is 2.49. The van der Waals surface area contributed by atoms with Gasteiger partial charge in [0.15, 0.2) is 5.69 Å². The van der Waals surface area contributed by atoms with Crippen molar-refractivity contribution in [1.29, 1.82) is 0 Å². The number of nitrogens with one attached hydrogen (secondary N) is 1. The summed E-state index contributed by atoms with van der Waals surface area (Å²) in [6.45, 7) is 0.306. The quantitative estimate of drug-likeness (QED) is 0.592. The molecule has 1 amide bonds. The first-order valence-corrected chi connectivity index (χ1v) is 7.83. The smallest absolute Gasteiger partial charge is 0.451 e. The van der Waals surface area contributed by atoms with E-state index in [1.54, 1.807) is 4.90 Å². The lowest BCUT2D eigenvalue weighted by atomic mass is 10.1. The van der Waals surface area contributed by atoms with Gasteiger partial charge in [0, 0.05) is 12.3 Å². The summed E-state index contributed by atoms with van der Waals surface area (Å²) in [6.07, 6.45) is 1.93. The van der Waals surface area contributed by atoms with Gasteiger partial charge in [0.05, 0.1) is 25.9 Å². The number of pyridine rings is 1. The zero-order valence-corrected chi connectivity index (χ0v) is 13.5. The molecule has 1 aromatic rings. The van der Waals surface area contributed by atoms with Gasteiger partial charge < -0.3 is 29.3 Å². The Morgan fingerprint density at radius 3 is 2.96 bits per heavy atom. The number of carbonyl (C=O) groups excluding carboxylic acids is 2. The number of hydrogen-bond donors (Lipinski definition) is 1. The number of nitrogens with zero attached hydrogens (tertiary/aromatic N) is 2. The summed E-state index contributed by atoms with van der Waals surface area (Å²) in [6, 6.07) is 1.27. The van der Waals surface area contributed by atoms with Gasteiger partial charge in [0.2, 0.25) is 18.0 Å². The van der Waals surface area contributed by atoms with E-state index in [0.717, 1.165) is 20.0 Å². The van der Waals surface area contributed by atoms with E-state index in [1.807, 2.05) is 0 Å². The normalized spacial score (nSPS) is 22.5. The average Bonchev–Trinajstić information content (AvgIpc) is 3.36. The van der Waals surface area contributed by atoms with Crippen molar-refractivity contribution in [3.8, 4) is 5.75 Å². The first-order chi connectivity index (χ1) is 12.1. The van der Waals surface area contributed by atoms with Crippen LogP contribution in [0.15, 0.2) is 17.1 Å². The second kappa shape index (κ2) is 5.66. The second-order valence-corrected chi connectivity index (χ2v) is 6.15. The minimum Gasteiger partial charge on any atom is -0.451 e. The van der Waals surface area contributed by atoms with Gasteiger partial charge in [-0.25, -0.2) is 4.79 Å². The molecule has 1 atom stereocenters. The van der Waals surface area contributed by atoms with E-state index in [0.29, 0.717) is 13.2 Å². The van der Waals surface area contributed by atoms with Crippen LogP contribution in [0.5, 0.6) is 5.75 Å². The molecule has 0 aromatic carbocycles. The molecule has 134 valence electrons. The van der Waals surface area contributed by atoms with Gasteiger partial charge in [-0.2, -0.15) is 0 Å². The standard InChI is InChI=1S/C15H17N3O7/c1-22-14(21)25-8-24-12-9(19)2-5-17-11(12)13(20)18-10(16-17)6-23-7-15(18)3-4-15/h2,5,10,16H,3-4,6-8H2,1H3/t10-/m0/s1. The Hall–Kier alpha value is -2.75. The maximum Gasteiger partial charge on any atom is 0.510 e. The number of morpholine rings is 1. The molecule has 1 N–H and O–H groups in total. The van der Waals surface area contributed by atoms with Crippen molar-refractivity contribution in [2.45, 2.75) is 24.5 Å². The van der Waals surface area contributed by atoms with Crippen LogP contribution in [0, 0.1) is 0 Å². The highest BCUT2D eigenvalue weighted by Gasteiger charge is 2.57. The molecule has 1 spiro atoms. The van der Waals surface area contributed by atoms with Crippen LogP contribution in [-0.2, 0) is 14.2 Å². The highest BCUT2D eigenvalue weighted by atomic mass is 16.8. The summed E-state index contributed by atoms with van der Waals surface area (Å²) in [5.74, 6) is -0.486. The fourth-order valence-electron chi connectivity index (χ4n) is 3.25. The first kappa shape index (κ1) is 15.8. The zero-order chi connectivity index (χ0) is 17.6. The molecule has 10 heteroatoms. The molecule has 3 aliphatic rings. The number of methoxy groups -OCH3 is 1. The van der Waals surface area contributed by atoms with Crippen LogP contribution in [0.3, 0.4) is 0 Å². The Morgan fingerprint density at radius 2 is 2.24 bits per heavy atom. The van der Waals surface area contributed by atoms with Crippen molar-refractivity contribution in [3.63, 3.8) is 0 Å². The van der Waals surface area contributed by atoms with Crippen molar-refractivity contribution >= 4 is 12.1 Å². The van der Waals surface area contributed by atoms with Gasteiger partial charge in [-0.1, -0.05) is 0 Å². The van der Waals surface area contributed by atoms with E-state index >= 15 is 0 Å². The van der Waals surface area contributed by atoms with Crippen LogP contribution in [0.1, 0.15) is 23.3 Å². The van der Waals surface area contributed by atoms with Crippen LogP contribution in [0.25, 0.3) is 0 Å². The van der Waals surface area contributed by atoms with E-state index < -0.39 is 18.4 Å². The van der Waals surface area contributed by atoms with Crippen LogP contribution in [-0.4, -0.2) is 60.5 Å². The summed E-state index contributed by atoms with van der Waals surface area (Å²) in [4.78, 5) is 38.0. The molecule has 1 aliphatic carbocycles. The van der Waals surface area contributed by atoms with Gasteiger partial charge in [-0.05, 0) is 12.8 Å². The van der Waals surface area contributed by atoms with E-state index in [-0.39, 0.29) is 29.1 Å². The summed E-state index contributed by atoms with van der Waals surface area (Å²) < 4.78 is 21.3. The second-order valence-electron chi connectivity index (χ2n) is 6.15. The monoisotopic (exact) mass is 351 g/mol. The Bertz CT molecular complexity index is 786. The lowest BCUT2D eigenvalue weighted by Crippen LogP contribution is -2.64. The minimum atomic E-state index is -0.945. The predicted octanol–water partition coefficient (Wildman–Crippen LogP) is -0.144. The highest BCUT2D eigenvalue weighted by molar-refractivity contribution is 5.97. The predicted molar refractivity (Wildman–Crippen MR) is 81.8 cm³/mol. The van der Waals surface area contributed by atoms with Crippen molar-refractivity contribution < 1.29 is 28.5 Å². The molecule has 1 aromatic heterocycles. The minimum absolute atomic E-state index is 0.0744. The fourth-order valence-corrected chi connectivity index (χ4v) is 3.25. The lowest BCUT2D eigenvalue weighted by molar-refractivity contribution is -0.0468. The molecule has 3 heterocycles. The van der Waals surface area contributed by atoms with E-state index in [2.05, 4.69) is 14.9 Å². The number of ether oxygens (including phenoxy) is 4. The topological polar surface area (TPSA) is 108 Å². The Labute approximate surface area is 142 Å². The largest absolute Gasteiger partial charge is 0.510 e. The number of amides is 1. The number of fused-ring (bicyclic) bond motifs is 3. The summed E-state index contributed by atoms with van der Waals surface area (Å²) >= 11 is 0. The summed E-state index contributed by atoms with van der Waals surface area (Å²) in [7, 11) is 1.16. The van der Waals surface area contributed by atoms with Gasteiger partial charge in [-0.15, -0.1) is 0 Å². The Kier molecular flexibility index (Phi) is 3.57. The van der Waals surface area contributed by atoms with E-state index in [1.165, 1.54) is 16.9 Å². The molecule has 1 saturated heterocycles. The fraction of sp³-hybridized carbons (Fsp3) is 0.533. The third-order valence-corrected chi connectivity index (χ3v) is 4.61. The number of aromatic nitrogens is 1. The van der Waals surface area contributed by atoms with Crippen molar-refractivity contribution in [1.82, 2.24) is 9.58 Å². The zero-order valence-electron chi connectivity index (χ0n) is 13.5. The molecular weight excluding hydrogens is 334 g/mol. The maximum atomic E-state index is 13.1. The molecular formula is C15H17N3O7. The van der Waals surface area contributed by atoms with Crippen LogP contribution < -0.4 is 15.6 Å². The molecule has 0 bridgehead atoms. The van der Waals surface area contributed by atoms with Crippen molar-refractivity contribution in [2.75, 3.05) is 32.5 Å². The van der Waals surface area contributed by atoms with Crippen LogP contribution >= 0.6 is 0 Å². The van der Waals surface area contributed by atoms with Crippen molar-refractivity contribution in [3.05, 3.63) is 28.2 Å². The average molecular weight is 351 g/mol. The maximum absolute atomic E-state index is 13.1. The molecule has 2 fully saturated rings. The van der Waals surface area contributed by atoms with Gasteiger partial charge >= 0.3 is 6.16 Å². The number of rotatable bonds is 3. The molecule has 10 nitrogen and oxygen atoms in total. The van der Waals surface area contributed by atoms with E-state index in [9.17, 15) is 14.4 Å². The molecule has 2 aliphatic heterocycles. The lowest BCUT2D eigenvalue weighted by Gasteiger charge is -2.46. The molecule has 4 rings (SSSR count). The number of carbonyl (C=O) groups is 2. The third-order valence-electron chi connectivity index (χ3n) is 4.61. The Morgan fingerprint density at radius 1 is 1.44 bits per heavy atom. The van der Waals surface area contributed by atoms with Crippen LogP contribution in [0.2, 0.25) is 0 Å². The van der Waals surface area contributed by atoms with Gasteiger partial charge in [0.25, 0.3) is 5.91 Å². The van der Waals surface area contributed by atoms with E-state index in [4.69, 9.17) is 9.47 Å². The molecule has 25 heavy (non-hydrogen) atoms. The number of hydrogen-bond acceptors (Lipinski definition) is 8. The summed E-state index contributed by atoms with van der Waals surface area (Å²) in [5, 5.41) is 0. The first-order valence-electron chi connectivity index (χ1n) is 7.83. The van der Waals surface area contributed by atoms with Gasteiger partial charge in [-0.3, -0.25) is 14.3 Å². The molecule has 0 radical (unpaired) electrons. The van der Waals surface area contributed by atoms with Gasteiger partial charge in [0.1, 0.15) is 6.17 Å². The van der Waals surface area contributed by atoms with Crippen LogP contribution in [0.4, 0.5) is 4.79 Å². The summed E-state index contributed by atoms with van der Waals surface area (Å²) in [5.41, 5.74) is 2.43. The molecule has 1 saturated carbocycles. The van der Waals surface area contributed by atoms with Crippen molar-refractivity contribution in [2.24, 2.45) is 0 Å². The highest BCUT2D eigenvalue weighted by Crippen LogP contribution is 2.46. The molecule has 0 unspecified atom stereocenters.